The second-order valence-electron chi connectivity index (χ2n) is 7.32. The molecular formula is C20H23ClN2O5S2. The van der Waals surface area contributed by atoms with Crippen LogP contribution in [-0.2, 0) is 37.6 Å². The summed E-state index contributed by atoms with van der Waals surface area (Å²) in [6.07, 6.45) is 1.56. The summed E-state index contributed by atoms with van der Waals surface area (Å²) in [5.74, 6) is -0.748. The Balaban J connectivity index is 1.83. The van der Waals surface area contributed by atoms with E-state index in [1.165, 1.54) is 24.3 Å². The molecule has 1 heterocycles. The first kappa shape index (κ1) is 22.7. The molecule has 0 bridgehead atoms. The van der Waals surface area contributed by atoms with Crippen molar-refractivity contribution in [2.24, 2.45) is 0 Å². The third kappa shape index (κ3) is 5.81. The predicted molar refractivity (Wildman–Crippen MR) is 115 cm³/mol. The van der Waals surface area contributed by atoms with Crippen molar-refractivity contribution in [2.45, 2.75) is 30.3 Å². The predicted octanol–water partition coefficient (Wildman–Crippen LogP) is 2.01. The molecule has 1 amide bonds. The fourth-order valence-corrected chi connectivity index (χ4v) is 5.35. The molecule has 0 radical (unpaired) electrons. The van der Waals surface area contributed by atoms with Crippen LogP contribution in [0.5, 0.6) is 0 Å². The van der Waals surface area contributed by atoms with Crippen LogP contribution in [0.2, 0.25) is 5.02 Å². The summed E-state index contributed by atoms with van der Waals surface area (Å²) >= 11 is 5.82. The van der Waals surface area contributed by atoms with Gasteiger partial charge in [0.2, 0.25) is 15.9 Å². The van der Waals surface area contributed by atoms with Gasteiger partial charge in [0.1, 0.15) is 15.9 Å². The number of hydrogen-bond acceptors (Lipinski definition) is 5. The highest BCUT2D eigenvalue weighted by atomic mass is 35.5. The molecular weight excluding hydrogens is 448 g/mol. The van der Waals surface area contributed by atoms with Crippen LogP contribution in [0.3, 0.4) is 0 Å². The van der Waals surface area contributed by atoms with Crippen LogP contribution < -0.4 is 4.72 Å². The van der Waals surface area contributed by atoms with Gasteiger partial charge in [-0.15, -0.1) is 0 Å². The Labute approximate surface area is 182 Å². The van der Waals surface area contributed by atoms with Crippen LogP contribution in [0.4, 0.5) is 0 Å². The van der Waals surface area contributed by atoms with E-state index in [4.69, 9.17) is 11.6 Å². The number of hydrogen-bond donors (Lipinski definition) is 1. The van der Waals surface area contributed by atoms with E-state index in [1.54, 1.807) is 4.90 Å². The SMILES string of the molecule is CS(=O)(=O)CC[C@H](NS(=O)(=O)c1ccc(Cl)cc1)C(=O)N1CCc2ccccc2C1. The average molecular weight is 471 g/mol. The number of nitrogens with zero attached hydrogens (tertiary/aromatic N) is 1. The Morgan fingerprint density at radius 1 is 1.07 bits per heavy atom. The molecule has 162 valence electrons. The average Bonchev–Trinajstić information content (AvgIpc) is 2.70. The van der Waals surface area contributed by atoms with Crippen molar-refractivity contribution in [3.05, 3.63) is 64.7 Å². The normalized spacial score (nSPS) is 15.5. The van der Waals surface area contributed by atoms with Crippen LogP contribution >= 0.6 is 11.6 Å². The van der Waals surface area contributed by atoms with E-state index < -0.39 is 31.8 Å². The molecule has 0 unspecified atom stereocenters. The van der Waals surface area contributed by atoms with E-state index in [1.807, 2.05) is 24.3 Å². The molecule has 0 fully saturated rings. The minimum atomic E-state index is -4.04. The quantitative estimate of drug-likeness (QED) is 0.667. The van der Waals surface area contributed by atoms with Crippen molar-refractivity contribution in [3.63, 3.8) is 0 Å². The van der Waals surface area contributed by atoms with Crippen LogP contribution in [0.15, 0.2) is 53.4 Å². The summed E-state index contributed by atoms with van der Waals surface area (Å²) in [5.41, 5.74) is 2.15. The summed E-state index contributed by atoms with van der Waals surface area (Å²) in [4.78, 5) is 14.7. The van der Waals surface area contributed by atoms with E-state index in [0.717, 1.165) is 17.4 Å². The molecule has 2 aromatic carbocycles. The van der Waals surface area contributed by atoms with Gasteiger partial charge in [0.25, 0.3) is 0 Å². The van der Waals surface area contributed by atoms with Gasteiger partial charge in [-0.25, -0.2) is 16.8 Å². The number of rotatable bonds is 7. The number of sulfone groups is 1. The van der Waals surface area contributed by atoms with E-state index in [2.05, 4.69) is 4.72 Å². The molecule has 30 heavy (non-hydrogen) atoms. The Hall–Kier alpha value is -1.94. The Kier molecular flexibility index (Phi) is 6.86. The number of carbonyl (C=O) groups is 1. The molecule has 1 aliphatic heterocycles. The van der Waals surface area contributed by atoms with Gasteiger partial charge in [-0.3, -0.25) is 4.79 Å². The summed E-state index contributed by atoms with van der Waals surface area (Å²) in [5, 5.41) is 0.380. The van der Waals surface area contributed by atoms with Crippen LogP contribution in [-0.4, -0.2) is 52.2 Å². The molecule has 7 nitrogen and oxygen atoms in total. The molecule has 0 saturated heterocycles. The van der Waals surface area contributed by atoms with Crippen molar-refractivity contribution < 1.29 is 21.6 Å². The Morgan fingerprint density at radius 3 is 2.33 bits per heavy atom. The fraction of sp³-hybridized carbons (Fsp3) is 0.350. The summed E-state index contributed by atoms with van der Waals surface area (Å²) in [6.45, 7) is 0.793. The summed E-state index contributed by atoms with van der Waals surface area (Å²) in [7, 11) is -7.42. The van der Waals surface area contributed by atoms with Gasteiger partial charge >= 0.3 is 0 Å². The number of carbonyl (C=O) groups excluding carboxylic acids is 1. The van der Waals surface area contributed by atoms with Crippen molar-refractivity contribution in [1.29, 1.82) is 0 Å². The highest BCUT2D eigenvalue weighted by molar-refractivity contribution is 7.90. The van der Waals surface area contributed by atoms with Crippen molar-refractivity contribution in [2.75, 3.05) is 18.6 Å². The molecule has 0 aromatic heterocycles. The van der Waals surface area contributed by atoms with Crippen LogP contribution in [0.25, 0.3) is 0 Å². The molecule has 10 heteroatoms. The molecule has 0 aliphatic carbocycles. The number of fused-ring (bicyclic) bond motifs is 1. The molecule has 0 saturated carbocycles. The fourth-order valence-electron chi connectivity index (χ4n) is 3.34. The zero-order valence-corrected chi connectivity index (χ0v) is 18.8. The highest BCUT2D eigenvalue weighted by Gasteiger charge is 2.31. The third-order valence-electron chi connectivity index (χ3n) is 4.94. The molecule has 1 aliphatic rings. The van der Waals surface area contributed by atoms with Gasteiger partial charge in [0, 0.05) is 24.4 Å². The summed E-state index contributed by atoms with van der Waals surface area (Å²) < 4.78 is 51.3. The maximum absolute atomic E-state index is 13.2. The van der Waals surface area contributed by atoms with E-state index in [0.29, 0.717) is 24.5 Å². The number of nitrogens with one attached hydrogen (secondary N) is 1. The third-order valence-corrected chi connectivity index (χ3v) is 7.66. The number of amides is 1. The maximum Gasteiger partial charge on any atom is 0.241 e. The molecule has 2 aromatic rings. The Bertz CT molecular complexity index is 1130. The van der Waals surface area contributed by atoms with E-state index >= 15 is 0 Å². The lowest BCUT2D eigenvalue weighted by Gasteiger charge is -2.32. The minimum absolute atomic E-state index is 0.0481. The lowest BCUT2D eigenvalue weighted by atomic mass is 9.99. The standard InChI is InChI=1S/C20H23ClN2O5S2/c1-29(25,26)13-11-19(22-30(27,28)18-8-6-17(21)7-9-18)20(24)23-12-10-15-4-2-3-5-16(15)14-23/h2-9,19,22H,10-14H2,1H3/t19-/m0/s1. The zero-order chi connectivity index (χ0) is 21.9. The minimum Gasteiger partial charge on any atom is -0.337 e. The molecule has 1 N–H and O–H groups in total. The number of benzene rings is 2. The number of sulfonamides is 1. The lowest BCUT2D eigenvalue weighted by molar-refractivity contribution is -0.134. The van der Waals surface area contributed by atoms with Gasteiger partial charge in [-0.2, -0.15) is 4.72 Å². The molecule has 3 rings (SSSR count). The second-order valence-corrected chi connectivity index (χ2v) is 11.7. The lowest BCUT2D eigenvalue weighted by Crippen LogP contribution is -2.50. The highest BCUT2D eigenvalue weighted by Crippen LogP contribution is 2.21. The largest absolute Gasteiger partial charge is 0.337 e. The van der Waals surface area contributed by atoms with Gasteiger partial charge < -0.3 is 4.90 Å². The van der Waals surface area contributed by atoms with Crippen molar-refractivity contribution in [3.8, 4) is 0 Å². The van der Waals surface area contributed by atoms with E-state index in [9.17, 15) is 21.6 Å². The van der Waals surface area contributed by atoms with Crippen molar-refractivity contribution >= 4 is 37.4 Å². The van der Waals surface area contributed by atoms with Crippen molar-refractivity contribution in [1.82, 2.24) is 9.62 Å². The zero-order valence-electron chi connectivity index (χ0n) is 16.4. The smallest absolute Gasteiger partial charge is 0.241 e. The summed E-state index contributed by atoms with van der Waals surface area (Å²) in [6, 6.07) is 12.1. The van der Waals surface area contributed by atoms with Crippen LogP contribution in [0, 0.1) is 0 Å². The first-order chi connectivity index (χ1) is 14.0. The van der Waals surface area contributed by atoms with Crippen LogP contribution in [0.1, 0.15) is 17.5 Å². The van der Waals surface area contributed by atoms with Gasteiger partial charge in [-0.05, 0) is 48.2 Å². The topological polar surface area (TPSA) is 101 Å². The Morgan fingerprint density at radius 2 is 1.70 bits per heavy atom. The van der Waals surface area contributed by atoms with Gasteiger partial charge in [0.05, 0.1) is 10.6 Å². The molecule has 1 atom stereocenters. The van der Waals surface area contributed by atoms with E-state index in [-0.39, 0.29) is 17.1 Å². The second kappa shape index (κ2) is 9.05. The van der Waals surface area contributed by atoms with Gasteiger partial charge in [-0.1, -0.05) is 35.9 Å². The number of halogens is 1. The van der Waals surface area contributed by atoms with Gasteiger partial charge in [0.15, 0.2) is 0 Å². The first-order valence-corrected chi connectivity index (χ1v) is 13.3. The first-order valence-electron chi connectivity index (χ1n) is 9.36. The molecule has 0 spiro atoms. The monoisotopic (exact) mass is 470 g/mol. The maximum atomic E-state index is 13.2.